The minimum atomic E-state index is -0.612. The largest absolute Gasteiger partial charge is 0.465 e. The van der Waals surface area contributed by atoms with E-state index in [1.807, 2.05) is 50.2 Å². The summed E-state index contributed by atoms with van der Waals surface area (Å²) in [4.78, 5) is 95.2. The first-order chi connectivity index (χ1) is 36.5. The highest BCUT2D eigenvalue weighted by Crippen LogP contribution is 2.33. The Bertz CT molecular complexity index is 1830. The van der Waals surface area contributed by atoms with E-state index >= 15 is 0 Å². The molecule has 0 bridgehead atoms. The molecule has 1 aromatic carbocycles. The quantitative estimate of drug-likeness (QED) is 0.0361. The van der Waals surface area contributed by atoms with Crippen LogP contribution in [0.4, 0.5) is 4.79 Å². The molecule has 1 unspecified atom stereocenters. The summed E-state index contributed by atoms with van der Waals surface area (Å²) in [6.45, 7) is 8.82. The van der Waals surface area contributed by atoms with Gasteiger partial charge in [0.25, 0.3) is 5.24 Å². The number of thioether (sulfide) groups is 1. The number of esters is 6. The van der Waals surface area contributed by atoms with E-state index in [0.29, 0.717) is 48.7 Å². The van der Waals surface area contributed by atoms with Crippen LogP contribution in [0.1, 0.15) is 173 Å². The van der Waals surface area contributed by atoms with Gasteiger partial charge in [0.1, 0.15) is 39.6 Å². The van der Waals surface area contributed by atoms with Crippen LogP contribution in [0.2, 0.25) is 0 Å². The lowest BCUT2D eigenvalue weighted by Crippen LogP contribution is -2.34. The molecule has 4 rings (SSSR count). The van der Waals surface area contributed by atoms with Crippen LogP contribution in [0, 0.1) is 54.3 Å². The molecule has 430 valence electrons. The monoisotopic (exact) mass is 1080 g/mol. The highest BCUT2D eigenvalue weighted by Gasteiger charge is 2.26. The molecular formula is C60H96N2O13S. The van der Waals surface area contributed by atoms with Crippen LogP contribution >= 0.6 is 11.8 Å². The molecule has 3 fully saturated rings. The van der Waals surface area contributed by atoms with Gasteiger partial charge in [-0.25, -0.2) is 0 Å². The highest BCUT2D eigenvalue weighted by molar-refractivity contribution is 8.13. The van der Waals surface area contributed by atoms with Gasteiger partial charge >= 0.3 is 35.8 Å². The topological polar surface area (TPSA) is 181 Å². The molecule has 0 aliphatic heterocycles. The van der Waals surface area contributed by atoms with E-state index in [2.05, 4.69) is 20.8 Å². The first kappa shape index (κ1) is 64.3. The van der Waals surface area contributed by atoms with E-state index in [1.54, 1.807) is 0 Å². The second kappa shape index (κ2) is 36.8. The maximum Gasteiger partial charge on any atom is 0.307 e. The fraction of sp³-hybridized carbons (Fsp3) is 0.783. The molecule has 3 saturated carbocycles. The maximum atomic E-state index is 13.6. The fourth-order valence-corrected chi connectivity index (χ4v) is 11.0. The number of carbonyl (C=O) groups is 7. The summed E-state index contributed by atoms with van der Waals surface area (Å²) in [7, 11) is 3.91. The van der Waals surface area contributed by atoms with Crippen molar-refractivity contribution in [3.63, 3.8) is 0 Å². The van der Waals surface area contributed by atoms with Gasteiger partial charge in [-0.3, -0.25) is 33.6 Å². The zero-order valence-corrected chi connectivity index (χ0v) is 48.2. The molecule has 3 aliphatic rings. The Morgan fingerprint density at radius 1 is 0.474 bits per heavy atom. The van der Waals surface area contributed by atoms with E-state index in [1.165, 1.54) is 43.4 Å². The third-order valence-electron chi connectivity index (χ3n) is 15.7. The second-order valence-corrected chi connectivity index (χ2v) is 24.1. The van der Waals surface area contributed by atoms with Crippen LogP contribution in [-0.2, 0) is 63.6 Å². The number of aryl methyl sites for hydroxylation is 2. The van der Waals surface area contributed by atoms with Gasteiger partial charge in [0.05, 0.1) is 24.7 Å². The normalized spacial score (nSPS) is 21.4. The summed E-state index contributed by atoms with van der Waals surface area (Å²) >= 11 is 1.11. The van der Waals surface area contributed by atoms with Crippen molar-refractivity contribution in [3.05, 3.63) is 35.4 Å². The molecule has 1 aromatic rings. The lowest BCUT2D eigenvalue weighted by Gasteiger charge is -2.26. The summed E-state index contributed by atoms with van der Waals surface area (Å²) in [6, 6.07) is 7.93. The number of nitrogens with zero attached hydrogens (tertiary/aromatic N) is 2. The number of benzene rings is 1. The third-order valence-corrected chi connectivity index (χ3v) is 16.7. The summed E-state index contributed by atoms with van der Waals surface area (Å²) < 4.78 is 33.9. The first-order valence-corrected chi connectivity index (χ1v) is 30.0. The fourth-order valence-electron chi connectivity index (χ4n) is 10.2. The van der Waals surface area contributed by atoms with Crippen LogP contribution in [0.15, 0.2) is 24.3 Å². The summed E-state index contributed by atoms with van der Waals surface area (Å²) in [5, 5.41) is -0.299. The standard InChI is InChI=1S/C60H96N2O13S/c1-44-8-16-48(17-9-44)24-28-54(63)70-38-52(39-71-55(64)29-25-49-18-10-45(2)11-19-49)42-74-58(67)32-35-62(60(69)76-37-7-34-61(5)6)36-33-59(68)75-43-53(40-72-56(65)30-26-50-20-12-46(3)13-21-50)41-73-57(66)31-27-51-22-14-47(4)15-23-51/h8-9,16-17,45-47,49-53H,7,10-15,18-43H2,1-6H3. The predicted octanol–water partition coefficient (Wildman–Crippen LogP) is 11.1. The van der Waals surface area contributed by atoms with E-state index in [9.17, 15) is 33.6 Å². The Kier molecular flexibility index (Phi) is 31.2. The number of carbonyl (C=O) groups excluding carboxylic acids is 7. The molecule has 1 atom stereocenters. The van der Waals surface area contributed by atoms with Crippen molar-refractivity contribution in [2.75, 3.05) is 79.1 Å². The van der Waals surface area contributed by atoms with Crippen molar-refractivity contribution >= 4 is 52.8 Å². The van der Waals surface area contributed by atoms with Gasteiger partial charge in [-0.1, -0.05) is 139 Å². The first-order valence-electron chi connectivity index (χ1n) is 29.0. The molecule has 3 aliphatic carbocycles. The van der Waals surface area contributed by atoms with Gasteiger partial charge in [-0.2, -0.15) is 0 Å². The number of amides is 1. The predicted molar refractivity (Wildman–Crippen MR) is 295 cm³/mol. The average Bonchev–Trinajstić information content (AvgIpc) is 3.40. The van der Waals surface area contributed by atoms with Gasteiger partial charge in [-0.05, 0) is 101 Å². The molecule has 1 amide bonds. The lowest BCUT2D eigenvalue weighted by molar-refractivity contribution is -0.156. The second-order valence-electron chi connectivity index (χ2n) is 23.1. The van der Waals surface area contributed by atoms with Gasteiger partial charge < -0.3 is 38.2 Å². The van der Waals surface area contributed by atoms with Crippen LogP contribution in [0.25, 0.3) is 0 Å². The minimum absolute atomic E-state index is 0.0306. The number of ether oxygens (including phenoxy) is 6. The van der Waals surface area contributed by atoms with Crippen molar-refractivity contribution in [1.29, 1.82) is 0 Å². The molecule has 0 spiro atoms. The molecule has 76 heavy (non-hydrogen) atoms. The molecule has 0 heterocycles. The molecule has 0 N–H and O–H groups in total. The van der Waals surface area contributed by atoms with Crippen molar-refractivity contribution in [3.8, 4) is 0 Å². The Morgan fingerprint density at radius 3 is 1.14 bits per heavy atom. The van der Waals surface area contributed by atoms with Gasteiger partial charge in [0.15, 0.2) is 0 Å². The van der Waals surface area contributed by atoms with E-state index in [0.717, 1.165) is 105 Å². The van der Waals surface area contributed by atoms with E-state index in [-0.39, 0.29) is 102 Å². The number of rotatable bonds is 34. The van der Waals surface area contributed by atoms with E-state index in [4.69, 9.17) is 28.4 Å². The maximum absolute atomic E-state index is 13.6. The molecule has 0 saturated heterocycles. The Hall–Kier alpha value is -4.18. The van der Waals surface area contributed by atoms with Crippen LogP contribution in [0.3, 0.4) is 0 Å². The highest BCUT2D eigenvalue weighted by atomic mass is 32.2. The van der Waals surface area contributed by atoms with Crippen molar-refractivity contribution in [2.45, 2.75) is 175 Å². The van der Waals surface area contributed by atoms with Gasteiger partial charge in [0, 0.05) is 44.5 Å². The van der Waals surface area contributed by atoms with Crippen LogP contribution in [-0.4, -0.2) is 130 Å². The van der Waals surface area contributed by atoms with Crippen molar-refractivity contribution in [2.24, 2.45) is 47.3 Å². The van der Waals surface area contributed by atoms with Crippen molar-refractivity contribution in [1.82, 2.24) is 9.80 Å². The zero-order chi connectivity index (χ0) is 55.1. The SMILES string of the molecule is Cc1ccc(CCC(=O)OCC(COC(=O)CCC2CCC(C)CC2)COC(=O)CCN(CCC(=O)OCC(COC(=O)CCC2CCC(C)CC2)COC(=O)CCC2CCC(C)CC2)C(=O)SCCCN(C)C)cc1. The number of hydrogen-bond donors (Lipinski definition) is 0. The van der Waals surface area contributed by atoms with Crippen LogP contribution < -0.4 is 0 Å². The molecule has 0 aromatic heterocycles. The summed E-state index contributed by atoms with van der Waals surface area (Å²) in [6.07, 6.45) is 17.9. The Labute approximate surface area is 460 Å². The zero-order valence-electron chi connectivity index (χ0n) is 47.4. The molecule has 15 nitrogen and oxygen atoms in total. The van der Waals surface area contributed by atoms with Crippen molar-refractivity contribution < 1.29 is 62.0 Å². The Morgan fingerprint density at radius 2 is 0.803 bits per heavy atom. The Balaban J connectivity index is 1.30. The van der Waals surface area contributed by atoms with Crippen LogP contribution in [0.5, 0.6) is 0 Å². The summed E-state index contributed by atoms with van der Waals surface area (Å²) in [5.41, 5.74) is 2.13. The molecular weight excluding hydrogens is 989 g/mol. The van der Waals surface area contributed by atoms with Gasteiger partial charge in [0.2, 0.25) is 0 Å². The lowest BCUT2D eigenvalue weighted by atomic mass is 9.81. The average molecular weight is 1090 g/mol. The van der Waals surface area contributed by atoms with E-state index < -0.39 is 29.7 Å². The van der Waals surface area contributed by atoms with Gasteiger partial charge in [-0.15, -0.1) is 0 Å². The number of hydrogen-bond acceptors (Lipinski definition) is 15. The summed E-state index contributed by atoms with van der Waals surface area (Å²) in [5.74, 6) is 0.369. The smallest absolute Gasteiger partial charge is 0.307 e. The minimum Gasteiger partial charge on any atom is -0.465 e. The molecule has 0 radical (unpaired) electrons. The third kappa shape index (κ3) is 29.0. The molecule has 16 heteroatoms.